The topological polar surface area (TPSA) is 57.5 Å². The molecule has 26 valence electrons. The molecule has 0 aliphatic carbocycles. The van der Waals surface area contributed by atoms with Crippen LogP contribution in [0.5, 0.6) is 0 Å². The summed E-state index contributed by atoms with van der Waals surface area (Å²) in [6, 6.07) is 0. The predicted octanol–water partition coefficient (Wildman–Crippen LogP) is 0.0851. The zero-order chi connectivity index (χ0) is 3.58. The third-order valence-corrected chi connectivity index (χ3v) is 0. The number of hydrogen-bond donors (Lipinski definition) is 2. The van der Waals surface area contributed by atoms with Gasteiger partial charge in [0.25, 0.3) is 0 Å². The maximum atomic E-state index is 8.56. The van der Waals surface area contributed by atoms with Crippen LogP contribution in [-0.4, -0.2) is 54.1 Å². The third kappa shape index (κ3) is 66.8. The molecule has 0 aromatic heterocycles. The molecule has 0 bridgehead atoms. The Labute approximate surface area is 79.0 Å². The molecule has 0 aromatic carbocycles. The molecule has 0 spiro atoms. The fourth-order valence-corrected chi connectivity index (χ4v) is 0. The van der Waals surface area contributed by atoms with Crippen LogP contribution in [0, 0.1) is 0 Å². The molecule has 3 nitrogen and oxygen atoms in total. The van der Waals surface area contributed by atoms with Crippen molar-refractivity contribution in [1.29, 1.82) is 0 Å². The standard InChI is InChI=1S/CH2O3.Ca.Zn.H2/c2-1(3)4;;;/h(H2,2,3,4);;;1H/q;2*+2;. The first-order valence-corrected chi connectivity index (χ1v) is 0.651. The molecule has 0 heterocycles. The summed E-state index contributed by atoms with van der Waals surface area (Å²) in [5.74, 6) is 0. The minimum absolute atomic E-state index is 0. The molecule has 6 heavy (non-hydrogen) atoms. The number of hydrogen-bond acceptors (Lipinski definition) is 1. The van der Waals surface area contributed by atoms with Gasteiger partial charge in [-0.2, -0.15) is 0 Å². The maximum Gasteiger partial charge on any atom is 2.00 e. The molecular formula is CH4CaO3Zn+4. The minimum atomic E-state index is -1.83. The van der Waals surface area contributed by atoms with Gasteiger partial charge in [0.15, 0.2) is 0 Å². The van der Waals surface area contributed by atoms with Gasteiger partial charge in [-0.05, 0) is 0 Å². The zero-order valence-electron chi connectivity index (χ0n) is 3.22. The van der Waals surface area contributed by atoms with Gasteiger partial charge in [-0.15, -0.1) is 0 Å². The van der Waals surface area contributed by atoms with Crippen LogP contribution in [0.2, 0.25) is 0 Å². The monoisotopic (exact) mass is 168 g/mol. The second-order valence-electron chi connectivity index (χ2n) is 0.283. The Hall–Kier alpha value is 1.15. The van der Waals surface area contributed by atoms with Gasteiger partial charge in [-0.3, -0.25) is 0 Å². The van der Waals surface area contributed by atoms with E-state index >= 15 is 0 Å². The summed E-state index contributed by atoms with van der Waals surface area (Å²) in [4.78, 5) is 8.56. The van der Waals surface area contributed by atoms with Crippen molar-refractivity contribution in [3.05, 3.63) is 0 Å². The summed E-state index contributed by atoms with van der Waals surface area (Å²) >= 11 is 0. The maximum absolute atomic E-state index is 8.56. The SMILES string of the molecule is O=C(O)O.[Ca+2].[HH].[Zn+2]. The van der Waals surface area contributed by atoms with Crippen molar-refractivity contribution < 1.29 is 35.9 Å². The number of carboxylic acid groups (broad SMARTS) is 2. The summed E-state index contributed by atoms with van der Waals surface area (Å²) in [6.07, 6.45) is -1.83. The van der Waals surface area contributed by atoms with Crippen LogP contribution in [0.3, 0.4) is 0 Å². The molecule has 0 fully saturated rings. The van der Waals surface area contributed by atoms with Gasteiger partial charge in [-0.25, -0.2) is 4.79 Å². The molecule has 0 unspecified atom stereocenters. The number of rotatable bonds is 0. The second kappa shape index (κ2) is 9.47. The average Bonchev–Trinajstić information content (AvgIpc) is 0.811. The van der Waals surface area contributed by atoms with Gasteiger partial charge < -0.3 is 10.2 Å². The molecule has 0 saturated heterocycles. The van der Waals surface area contributed by atoms with Crippen LogP contribution in [0.15, 0.2) is 0 Å². The van der Waals surface area contributed by atoms with E-state index in [1.165, 1.54) is 0 Å². The van der Waals surface area contributed by atoms with Gasteiger partial charge in [-0.1, -0.05) is 0 Å². The summed E-state index contributed by atoms with van der Waals surface area (Å²) < 4.78 is 0. The molecule has 2 N–H and O–H groups in total. The van der Waals surface area contributed by atoms with Crippen molar-refractivity contribution in [1.82, 2.24) is 0 Å². The Balaban J connectivity index is -0.0000000150. The first kappa shape index (κ1) is 15.7. The molecular weight excluding hydrogens is 165 g/mol. The van der Waals surface area contributed by atoms with Gasteiger partial charge in [0.1, 0.15) is 0 Å². The first-order chi connectivity index (χ1) is 1.73. The molecule has 0 amide bonds. The van der Waals surface area contributed by atoms with E-state index in [1.54, 1.807) is 0 Å². The smallest absolute Gasteiger partial charge is 0.450 e. The summed E-state index contributed by atoms with van der Waals surface area (Å²) in [5, 5.41) is 13.9. The average molecular weight is 170 g/mol. The van der Waals surface area contributed by atoms with Crippen LogP contribution in [0.25, 0.3) is 0 Å². The van der Waals surface area contributed by atoms with Crippen LogP contribution in [0.1, 0.15) is 1.43 Å². The fraction of sp³-hybridized carbons (Fsp3) is 0. The Bertz CT molecular complexity index is 37.9. The molecule has 0 aliphatic heterocycles. The molecule has 0 radical (unpaired) electrons. The molecule has 0 atom stereocenters. The van der Waals surface area contributed by atoms with Gasteiger partial charge in [0.05, 0.1) is 0 Å². The van der Waals surface area contributed by atoms with Gasteiger partial charge in [0.2, 0.25) is 0 Å². The van der Waals surface area contributed by atoms with Crippen molar-refractivity contribution in [3.8, 4) is 0 Å². The van der Waals surface area contributed by atoms with E-state index in [9.17, 15) is 0 Å². The van der Waals surface area contributed by atoms with Crippen LogP contribution in [-0.2, 0) is 19.5 Å². The minimum Gasteiger partial charge on any atom is -0.450 e. The van der Waals surface area contributed by atoms with Gasteiger partial charge in [0, 0.05) is 1.43 Å². The van der Waals surface area contributed by atoms with Crippen molar-refractivity contribution >= 4 is 43.9 Å². The fourth-order valence-electron chi connectivity index (χ4n) is 0. The van der Waals surface area contributed by atoms with Gasteiger partial charge >= 0.3 is 63.4 Å². The zero-order valence-corrected chi connectivity index (χ0v) is 8.39. The predicted molar refractivity (Wildman–Crippen MR) is 18.5 cm³/mol. The Morgan fingerprint density at radius 1 is 1.50 bits per heavy atom. The van der Waals surface area contributed by atoms with Crippen molar-refractivity contribution in [2.24, 2.45) is 0 Å². The summed E-state index contributed by atoms with van der Waals surface area (Å²) in [5.41, 5.74) is 0. The van der Waals surface area contributed by atoms with E-state index in [2.05, 4.69) is 0 Å². The largest absolute Gasteiger partial charge is 2.00 e. The molecule has 5 heteroatoms. The van der Waals surface area contributed by atoms with E-state index in [0.717, 1.165) is 0 Å². The second-order valence-corrected chi connectivity index (χ2v) is 0.283. The Morgan fingerprint density at radius 2 is 1.50 bits per heavy atom. The number of carbonyl (C=O) groups is 1. The molecule has 0 saturated carbocycles. The first-order valence-electron chi connectivity index (χ1n) is 0.651. The normalized spacial score (nSPS) is 4.00. The molecule has 0 rings (SSSR count). The van der Waals surface area contributed by atoms with Crippen molar-refractivity contribution in [2.45, 2.75) is 0 Å². The van der Waals surface area contributed by atoms with E-state index in [4.69, 9.17) is 15.0 Å². The van der Waals surface area contributed by atoms with Crippen LogP contribution < -0.4 is 0 Å². The quantitative estimate of drug-likeness (QED) is 0.505. The summed E-state index contributed by atoms with van der Waals surface area (Å²) in [6.45, 7) is 0. The van der Waals surface area contributed by atoms with Crippen molar-refractivity contribution in [3.63, 3.8) is 0 Å². The third-order valence-electron chi connectivity index (χ3n) is 0. The van der Waals surface area contributed by atoms with E-state index in [1.807, 2.05) is 0 Å². The Morgan fingerprint density at radius 3 is 1.50 bits per heavy atom. The Kier molecular flexibility index (Phi) is 24.8. The van der Waals surface area contributed by atoms with Crippen LogP contribution in [0.4, 0.5) is 4.79 Å². The van der Waals surface area contributed by atoms with Crippen molar-refractivity contribution in [2.75, 3.05) is 0 Å². The molecule has 0 aromatic rings. The van der Waals surface area contributed by atoms with Crippen LogP contribution >= 0.6 is 0 Å². The van der Waals surface area contributed by atoms with E-state index in [0.29, 0.717) is 0 Å². The van der Waals surface area contributed by atoms with E-state index in [-0.39, 0.29) is 58.6 Å². The molecule has 0 aliphatic rings. The summed E-state index contributed by atoms with van der Waals surface area (Å²) in [7, 11) is 0. The van der Waals surface area contributed by atoms with E-state index < -0.39 is 6.16 Å².